The van der Waals surface area contributed by atoms with Crippen LogP contribution >= 0.6 is 0 Å². The molecule has 6 rings (SSSR count). The molecule has 0 radical (unpaired) electrons. The summed E-state index contributed by atoms with van der Waals surface area (Å²) in [7, 11) is 10.3. The van der Waals surface area contributed by atoms with E-state index in [0.29, 0.717) is 57.1 Å². The summed E-state index contributed by atoms with van der Waals surface area (Å²) >= 11 is 0. The number of carbonyl (C=O) groups is 5. The molecule has 2 aromatic rings. The van der Waals surface area contributed by atoms with Crippen molar-refractivity contribution in [1.29, 1.82) is 0 Å². The number of aromatic nitrogens is 1. The van der Waals surface area contributed by atoms with Gasteiger partial charge in [0.1, 0.15) is 30.3 Å². The molecule has 0 spiro atoms. The number of pyridine rings is 1. The number of carboxylic acids is 1. The molecule has 1 aromatic carbocycles. The molecule has 3 N–H and O–H groups in total. The second kappa shape index (κ2) is 29.9. The highest BCUT2D eigenvalue weighted by Crippen LogP contribution is 2.39. The Morgan fingerprint density at radius 3 is 2.27 bits per heavy atom. The monoisotopic (exact) mass is 1120 g/mol. The summed E-state index contributed by atoms with van der Waals surface area (Å²) in [6, 6.07) is 5.83. The molecule has 4 heterocycles. The van der Waals surface area contributed by atoms with E-state index < -0.39 is 78.2 Å². The Labute approximate surface area is 467 Å². The van der Waals surface area contributed by atoms with Crippen LogP contribution < -0.4 is 10.7 Å². The van der Waals surface area contributed by atoms with Gasteiger partial charge in [0.15, 0.2) is 24.3 Å². The zero-order chi connectivity index (χ0) is 58.5. The van der Waals surface area contributed by atoms with E-state index in [0.717, 1.165) is 50.2 Å². The average Bonchev–Trinajstić information content (AvgIpc) is 4.26. The highest BCUT2D eigenvalue weighted by molar-refractivity contribution is 5.92. The summed E-state index contributed by atoms with van der Waals surface area (Å²) < 4.78 is 51.3. The molecule has 1 saturated carbocycles. The molecular formula is C58H93N5O16. The summed E-state index contributed by atoms with van der Waals surface area (Å²) in [5, 5.41) is 20.4. The van der Waals surface area contributed by atoms with E-state index in [-0.39, 0.29) is 66.5 Å². The van der Waals surface area contributed by atoms with Crippen molar-refractivity contribution in [2.75, 3.05) is 62.0 Å². The number of carboxylic acid groups (broad SMARTS) is 1. The molecule has 446 valence electrons. The first-order valence-electron chi connectivity index (χ1n) is 28.4. The third-order valence-electron chi connectivity index (χ3n) is 16.5. The molecule has 1 amide bonds. The molecule has 21 nitrogen and oxygen atoms in total. The first-order chi connectivity index (χ1) is 37.5. The van der Waals surface area contributed by atoms with Crippen molar-refractivity contribution < 1.29 is 72.1 Å². The molecule has 3 saturated heterocycles. The van der Waals surface area contributed by atoms with Gasteiger partial charge in [0, 0.05) is 94.5 Å². The maximum atomic E-state index is 14.3. The van der Waals surface area contributed by atoms with E-state index in [9.17, 15) is 33.9 Å². The van der Waals surface area contributed by atoms with Crippen molar-refractivity contribution in [3.63, 3.8) is 0 Å². The van der Waals surface area contributed by atoms with E-state index in [4.69, 9.17) is 43.0 Å². The number of aromatic carboxylic acids is 1. The Hall–Kier alpha value is -4.58. The Bertz CT molecular complexity index is 2370. The van der Waals surface area contributed by atoms with Crippen LogP contribution in [0.5, 0.6) is 0 Å². The van der Waals surface area contributed by atoms with Crippen molar-refractivity contribution >= 4 is 41.2 Å². The van der Waals surface area contributed by atoms with E-state index in [2.05, 4.69) is 15.1 Å². The lowest BCUT2D eigenvalue weighted by Gasteiger charge is -2.44. The highest BCUT2D eigenvalue weighted by atomic mass is 16.8. The number of hydrogen-bond donors (Lipinski definition) is 3. The molecule has 1 aliphatic carbocycles. The predicted molar refractivity (Wildman–Crippen MR) is 296 cm³/mol. The number of benzene rings is 1. The number of carbonyl (C=O) groups excluding carboxylic acids is 4. The standard InChI is InChI=1S/C57H89N5O15.CH4O/c1-14-45(70-13)57(8)53(76-56(69)77-57)37(6)60(11)26-16-18-46(64)61(12)54(75-49-30-41(59(9)10)28-35(4)71-49)36(5)51(34(3)32-63)74-48-27-33(2)52(38(7)72-48)73-47(65)23-25-58-24-15-17-39-19-22-44-42(29-39)50(66)43(55(67)68)31-62(44)40-20-21-40;1-2/h19,22,29,31-38,40-41,45,48-49,51-54,58H,14-18,20-21,23-28,30H2,1-13H3,(H,67,68);2H,1H3/t33?,34?,35?,36-,37?,38?,41?,45+,48+,49?,51+,52-,53?,54+,57?;/m0./s1. The van der Waals surface area contributed by atoms with Crippen molar-refractivity contribution in [2.45, 2.75) is 205 Å². The number of rotatable bonds is 29. The third-order valence-corrected chi connectivity index (χ3v) is 16.5. The number of amides is 1. The highest BCUT2D eigenvalue weighted by Gasteiger charge is 2.56. The zero-order valence-electron chi connectivity index (χ0n) is 49.3. The SMILES string of the molecule is CC[C@@H](OC)C1(C)OC(=O)OC1C(C)N(C)CCCC(=O)N(C)[C@H](OC1CC(N(C)C)CC(C)O1)[C@@H](C)[C@H](O[C@@H]1CC(C)[C@H](OC(=O)CCNCCCc2ccc3c(c2)c(=O)c(C(=O)O)cn3C2CC2)C(C)O1)C(C)C=O.CO. The number of likely N-dealkylation sites (N-methyl/N-ethyl adjacent to an activating group) is 1. The van der Waals surface area contributed by atoms with E-state index in [1.807, 2.05) is 86.3 Å². The molecule has 79 heavy (non-hydrogen) atoms. The number of methoxy groups -OCH3 is 1. The van der Waals surface area contributed by atoms with Crippen molar-refractivity contribution in [2.24, 2.45) is 17.8 Å². The summed E-state index contributed by atoms with van der Waals surface area (Å²) in [4.78, 5) is 83.2. The molecule has 3 aliphatic heterocycles. The van der Waals surface area contributed by atoms with Gasteiger partial charge in [0.2, 0.25) is 11.3 Å². The van der Waals surface area contributed by atoms with Gasteiger partial charge in [-0.1, -0.05) is 33.8 Å². The van der Waals surface area contributed by atoms with Gasteiger partial charge in [0.05, 0.1) is 30.2 Å². The number of cyclic esters (lactones) is 2. The number of aliphatic hydroxyl groups is 1. The molecule has 15 atom stereocenters. The Kier molecular flexibility index (Phi) is 24.7. The smallest absolute Gasteiger partial charge is 0.477 e. The normalized spacial score (nSPS) is 27.4. The number of aldehydes is 1. The van der Waals surface area contributed by atoms with E-state index in [1.165, 1.54) is 6.20 Å². The first-order valence-corrected chi connectivity index (χ1v) is 28.4. The van der Waals surface area contributed by atoms with Crippen molar-refractivity contribution in [3.8, 4) is 0 Å². The first kappa shape index (κ1) is 65.2. The van der Waals surface area contributed by atoms with Crippen LogP contribution in [0.2, 0.25) is 0 Å². The molecule has 9 unspecified atom stereocenters. The quantitative estimate of drug-likeness (QED) is 0.0357. The van der Waals surface area contributed by atoms with Crippen molar-refractivity contribution in [1.82, 2.24) is 24.6 Å². The minimum absolute atomic E-state index is 0.0990. The number of esters is 1. The van der Waals surface area contributed by atoms with Gasteiger partial charge < -0.3 is 72.6 Å². The largest absolute Gasteiger partial charge is 0.509 e. The Morgan fingerprint density at radius 2 is 1.65 bits per heavy atom. The van der Waals surface area contributed by atoms with Crippen LogP contribution in [0.4, 0.5) is 4.79 Å². The predicted octanol–water partition coefficient (Wildman–Crippen LogP) is 6.17. The lowest BCUT2D eigenvalue weighted by atomic mass is 9.86. The maximum Gasteiger partial charge on any atom is 0.509 e. The van der Waals surface area contributed by atoms with Gasteiger partial charge in [-0.15, -0.1) is 0 Å². The van der Waals surface area contributed by atoms with Crippen LogP contribution in [0.1, 0.15) is 142 Å². The molecule has 4 aliphatic rings. The maximum absolute atomic E-state index is 14.3. The van der Waals surface area contributed by atoms with Crippen LogP contribution in [0.25, 0.3) is 10.9 Å². The number of nitrogens with zero attached hydrogens (tertiary/aromatic N) is 4. The number of aryl methyl sites for hydroxylation is 1. The Balaban J connectivity index is 0.00000567. The minimum atomic E-state index is -1.23. The van der Waals surface area contributed by atoms with Gasteiger partial charge in [-0.05, 0) is 125 Å². The molecule has 4 fully saturated rings. The van der Waals surface area contributed by atoms with Gasteiger partial charge in [-0.25, -0.2) is 9.59 Å². The number of nitrogens with one attached hydrogen (secondary N) is 1. The second-order valence-corrected chi connectivity index (χ2v) is 22.7. The summed E-state index contributed by atoms with van der Waals surface area (Å²) in [6.45, 7) is 16.8. The third kappa shape index (κ3) is 16.8. The molecule has 0 bridgehead atoms. The second-order valence-electron chi connectivity index (χ2n) is 22.7. The van der Waals surface area contributed by atoms with Gasteiger partial charge in [-0.2, -0.15) is 0 Å². The summed E-state index contributed by atoms with van der Waals surface area (Å²) in [5.41, 5.74) is 0.00493. The fourth-order valence-electron chi connectivity index (χ4n) is 11.7. The lowest BCUT2D eigenvalue weighted by molar-refractivity contribution is -0.285. The van der Waals surface area contributed by atoms with Crippen LogP contribution in [0.15, 0.2) is 29.2 Å². The van der Waals surface area contributed by atoms with Gasteiger partial charge in [-0.3, -0.25) is 19.3 Å². The zero-order valence-corrected chi connectivity index (χ0v) is 49.3. The number of aliphatic hydroxyl groups excluding tert-OH is 1. The van der Waals surface area contributed by atoms with Crippen LogP contribution in [0.3, 0.4) is 0 Å². The number of hydrogen-bond acceptors (Lipinski definition) is 18. The lowest BCUT2D eigenvalue weighted by Crippen LogP contribution is -2.56. The molecule has 1 aromatic heterocycles. The van der Waals surface area contributed by atoms with E-state index >= 15 is 0 Å². The van der Waals surface area contributed by atoms with Crippen molar-refractivity contribution in [3.05, 3.63) is 45.7 Å². The molecule has 21 heteroatoms. The number of ether oxygens (including phenoxy) is 8. The summed E-state index contributed by atoms with van der Waals surface area (Å²) in [5.74, 6) is -3.09. The fraction of sp³-hybridized carbons (Fsp3) is 0.759. The van der Waals surface area contributed by atoms with Gasteiger partial charge in [0.25, 0.3) is 0 Å². The minimum Gasteiger partial charge on any atom is -0.477 e. The van der Waals surface area contributed by atoms with Crippen LogP contribution in [0, 0.1) is 17.8 Å². The number of fused-ring (bicyclic) bond motifs is 1. The Morgan fingerprint density at radius 1 is 0.949 bits per heavy atom. The molecular weight excluding hydrogens is 1020 g/mol. The van der Waals surface area contributed by atoms with E-state index in [1.54, 1.807) is 32.0 Å². The van der Waals surface area contributed by atoms with Gasteiger partial charge >= 0.3 is 18.1 Å². The topological polar surface area (TPSA) is 243 Å². The summed E-state index contributed by atoms with van der Waals surface area (Å²) in [6.07, 6.45) is 2.96. The fourth-order valence-corrected chi connectivity index (χ4v) is 11.7. The van der Waals surface area contributed by atoms with Crippen LogP contribution in [-0.4, -0.2) is 195 Å². The average molecular weight is 1120 g/mol. The van der Waals surface area contributed by atoms with Crippen LogP contribution in [-0.2, 0) is 58.7 Å².